The van der Waals surface area contributed by atoms with E-state index >= 15 is 0 Å². The van der Waals surface area contributed by atoms with Crippen LogP contribution >= 0.6 is 24.8 Å². The molecule has 2 unspecified atom stereocenters. The fourth-order valence-corrected chi connectivity index (χ4v) is 4.61. The SMILES string of the molecule is Cl.Cl.O=C(O)NC1C[C@H]2CNCC(C(c3ccccc3)c3ccccc3)N2C1. The zero-order valence-electron chi connectivity index (χ0n) is 15.5. The summed E-state index contributed by atoms with van der Waals surface area (Å²) in [5.41, 5.74) is 2.61. The summed E-state index contributed by atoms with van der Waals surface area (Å²) < 4.78 is 0. The number of fused-ring (bicyclic) bond motifs is 1. The maximum absolute atomic E-state index is 11.1. The number of nitrogens with one attached hydrogen (secondary N) is 2. The molecule has 1 amide bonds. The van der Waals surface area contributed by atoms with Crippen molar-refractivity contribution in [2.75, 3.05) is 19.6 Å². The number of hydrogen-bond donors (Lipinski definition) is 3. The molecule has 2 aliphatic heterocycles. The smallest absolute Gasteiger partial charge is 0.404 e. The Morgan fingerprint density at radius 1 is 1.00 bits per heavy atom. The van der Waals surface area contributed by atoms with E-state index in [4.69, 9.17) is 5.11 Å². The zero-order valence-corrected chi connectivity index (χ0v) is 17.2. The minimum absolute atomic E-state index is 0. The number of carboxylic acid groups (broad SMARTS) is 1. The van der Waals surface area contributed by atoms with E-state index in [0.717, 1.165) is 26.1 Å². The van der Waals surface area contributed by atoms with Gasteiger partial charge in [-0.15, -0.1) is 24.8 Å². The largest absolute Gasteiger partial charge is 0.465 e. The van der Waals surface area contributed by atoms with Gasteiger partial charge in [0.1, 0.15) is 0 Å². The number of piperazine rings is 1. The van der Waals surface area contributed by atoms with E-state index in [2.05, 4.69) is 76.2 Å². The van der Waals surface area contributed by atoms with Gasteiger partial charge in [0.05, 0.1) is 0 Å². The number of rotatable bonds is 4. The second kappa shape index (κ2) is 10.1. The van der Waals surface area contributed by atoms with Gasteiger partial charge in [0.15, 0.2) is 0 Å². The van der Waals surface area contributed by atoms with Crippen LogP contribution in [0.2, 0.25) is 0 Å². The third kappa shape index (κ3) is 4.78. The molecule has 2 aliphatic rings. The van der Waals surface area contributed by atoms with Crippen LogP contribution in [0.25, 0.3) is 0 Å². The van der Waals surface area contributed by atoms with Gasteiger partial charge in [-0.05, 0) is 17.5 Å². The molecule has 3 atom stereocenters. The Morgan fingerprint density at radius 2 is 1.57 bits per heavy atom. The molecule has 0 aliphatic carbocycles. The van der Waals surface area contributed by atoms with Crippen LogP contribution in [0.15, 0.2) is 60.7 Å². The quantitative estimate of drug-likeness (QED) is 0.705. The maximum atomic E-state index is 11.1. The highest BCUT2D eigenvalue weighted by molar-refractivity contribution is 5.85. The minimum Gasteiger partial charge on any atom is -0.465 e. The van der Waals surface area contributed by atoms with E-state index in [9.17, 15) is 4.79 Å². The van der Waals surface area contributed by atoms with Gasteiger partial charge in [0, 0.05) is 43.7 Å². The minimum atomic E-state index is -0.929. The Hall–Kier alpha value is -1.79. The van der Waals surface area contributed by atoms with Gasteiger partial charge >= 0.3 is 6.09 Å². The van der Waals surface area contributed by atoms with Crippen LogP contribution in [0, 0.1) is 0 Å². The lowest BCUT2D eigenvalue weighted by Crippen LogP contribution is -2.57. The molecule has 0 radical (unpaired) electrons. The summed E-state index contributed by atoms with van der Waals surface area (Å²) in [6.45, 7) is 2.61. The molecule has 7 heteroatoms. The van der Waals surface area contributed by atoms with E-state index in [-0.39, 0.29) is 36.8 Å². The first-order valence-corrected chi connectivity index (χ1v) is 9.28. The first-order chi connectivity index (χ1) is 12.7. The molecule has 2 saturated heterocycles. The Balaban J connectivity index is 0.00000140. The van der Waals surface area contributed by atoms with Crippen LogP contribution < -0.4 is 10.6 Å². The predicted octanol–water partition coefficient (Wildman–Crippen LogP) is 3.34. The van der Waals surface area contributed by atoms with E-state index in [1.165, 1.54) is 11.1 Å². The lowest BCUT2D eigenvalue weighted by Gasteiger charge is -2.42. The van der Waals surface area contributed by atoms with Crippen LogP contribution in [0.4, 0.5) is 4.79 Å². The molecule has 3 N–H and O–H groups in total. The second-order valence-electron chi connectivity index (χ2n) is 7.26. The molecule has 2 heterocycles. The number of carbonyl (C=O) groups is 1. The van der Waals surface area contributed by atoms with Gasteiger partial charge in [-0.25, -0.2) is 4.79 Å². The van der Waals surface area contributed by atoms with E-state index in [0.29, 0.717) is 12.1 Å². The van der Waals surface area contributed by atoms with Crippen molar-refractivity contribution in [3.63, 3.8) is 0 Å². The molecule has 0 spiro atoms. The van der Waals surface area contributed by atoms with Gasteiger partial charge < -0.3 is 15.7 Å². The standard InChI is InChI=1S/C21H25N3O2.2ClH/c25-21(26)23-17-11-18-12-22-13-19(24(18)14-17)20(15-7-3-1-4-8-15)16-9-5-2-6-10-16;;/h1-10,17-20,22-23H,11-14H2,(H,25,26);2*1H/t17?,18-,19?;;/m0../s1. The van der Waals surface area contributed by atoms with E-state index in [1.807, 2.05) is 0 Å². The molecular formula is C21H27Cl2N3O2. The van der Waals surface area contributed by atoms with Crippen molar-refractivity contribution in [2.45, 2.75) is 30.5 Å². The number of halogens is 2. The van der Waals surface area contributed by atoms with Crippen LogP contribution in [-0.2, 0) is 0 Å². The summed E-state index contributed by atoms with van der Waals surface area (Å²) in [4.78, 5) is 13.6. The Morgan fingerprint density at radius 3 is 2.11 bits per heavy atom. The third-order valence-corrected chi connectivity index (χ3v) is 5.65. The summed E-state index contributed by atoms with van der Waals surface area (Å²) in [5, 5.41) is 15.4. The van der Waals surface area contributed by atoms with Crippen LogP contribution in [0.3, 0.4) is 0 Å². The van der Waals surface area contributed by atoms with Crippen molar-refractivity contribution in [1.29, 1.82) is 0 Å². The van der Waals surface area contributed by atoms with Crippen molar-refractivity contribution in [3.05, 3.63) is 71.8 Å². The summed E-state index contributed by atoms with van der Waals surface area (Å²) in [5.74, 6) is 0.260. The van der Waals surface area contributed by atoms with Crippen molar-refractivity contribution in [1.82, 2.24) is 15.5 Å². The summed E-state index contributed by atoms with van der Waals surface area (Å²) in [6.07, 6.45) is -0.0615. The second-order valence-corrected chi connectivity index (χ2v) is 7.26. The summed E-state index contributed by atoms with van der Waals surface area (Å²) in [7, 11) is 0. The average Bonchev–Trinajstić information content (AvgIpc) is 3.06. The highest BCUT2D eigenvalue weighted by Crippen LogP contribution is 2.35. The monoisotopic (exact) mass is 423 g/mol. The highest BCUT2D eigenvalue weighted by atomic mass is 35.5. The van der Waals surface area contributed by atoms with Gasteiger partial charge in [-0.2, -0.15) is 0 Å². The molecule has 2 aromatic carbocycles. The molecule has 28 heavy (non-hydrogen) atoms. The van der Waals surface area contributed by atoms with Crippen molar-refractivity contribution >= 4 is 30.9 Å². The Labute approximate surface area is 178 Å². The first-order valence-electron chi connectivity index (χ1n) is 9.28. The first kappa shape index (κ1) is 22.5. The van der Waals surface area contributed by atoms with Gasteiger partial charge in [0.25, 0.3) is 0 Å². The Kier molecular flexibility index (Phi) is 8.13. The Bertz CT molecular complexity index is 708. The third-order valence-electron chi connectivity index (χ3n) is 5.65. The number of nitrogens with zero attached hydrogens (tertiary/aromatic N) is 1. The maximum Gasteiger partial charge on any atom is 0.404 e. The number of amides is 1. The lowest BCUT2D eigenvalue weighted by molar-refractivity contribution is 0.123. The normalized spacial score (nSPS) is 24.0. The van der Waals surface area contributed by atoms with E-state index < -0.39 is 6.09 Å². The molecular weight excluding hydrogens is 397 g/mol. The van der Waals surface area contributed by atoms with Crippen molar-refractivity contribution in [3.8, 4) is 0 Å². The molecule has 152 valence electrons. The molecule has 2 fully saturated rings. The fourth-order valence-electron chi connectivity index (χ4n) is 4.61. The number of benzene rings is 2. The summed E-state index contributed by atoms with van der Waals surface area (Å²) in [6, 6.07) is 22.0. The zero-order chi connectivity index (χ0) is 17.9. The molecule has 5 nitrogen and oxygen atoms in total. The topological polar surface area (TPSA) is 64.6 Å². The molecule has 0 bridgehead atoms. The molecule has 0 saturated carbocycles. The summed E-state index contributed by atoms with van der Waals surface area (Å²) >= 11 is 0. The molecule has 0 aromatic heterocycles. The molecule has 2 aromatic rings. The number of hydrogen-bond acceptors (Lipinski definition) is 3. The van der Waals surface area contributed by atoms with Gasteiger partial charge in [0.2, 0.25) is 0 Å². The lowest BCUT2D eigenvalue weighted by atomic mass is 9.83. The van der Waals surface area contributed by atoms with Gasteiger partial charge in [-0.1, -0.05) is 60.7 Å². The fraction of sp³-hybridized carbons (Fsp3) is 0.381. The molecule has 4 rings (SSSR count). The van der Waals surface area contributed by atoms with Crippen LogP contribution in [0.1, 0.15) is 23.5 Å². The van der Waals surface area contributed by atoms with Crippen molar-refractivity contribution < 1.29 is 9.90 Å². The predicted molar refractivity (Wildman–Crippen MR) is 116 cm³/mol. The van der Waals surface area contributed by atoms with Crippen LogP contribution in [0.5, 0.6) is 0 Å². The van der Waals surface area contributed by atoms with Crippen LogP contribution in [-0.4, -0.2) is 53.9 Å². The average molecular weight is 424 g/mol. The highest BCUT2D eigenvalue weighted by Gasteiger charge is 2.42. The van der Waals surface area contributed by atoms with Gasteiger partial charge in [-0.3, -0.25) is 4.90 Å². The van der Waals surface area contributed by atoms with Crippen molar-refractivity contribution in [2.24, 2.45) is 0 Å². The van der Waals surface area contributed by atoms with E-state index in [1.54, 1.807) is 0 Å².